The molecule has 160 valence electrons. The third-order valence-electron chi connectivity index (χ3n) is 4.35. The van der Waals surface area contributed by atoms with Crippen LogP contribution in [0.4, 0.5) is 16.2 Å². The van der Waals surface area contributed by atoms with Gasteiger partial charge in [0.05, 0.1) is 11.3 Å². The molecule has 2 rings (SSSR count). The SMILES string of the molecule is CN(C)CCNC(=O)Cc1ccc(N(C)C(=O)OCc2ccc([N+](=O)[O-])cc2)cc1. The normalized spacial score (nSPS) is 10.5. The topological polar surface area (TPSA) is 105 Å². The van der Waals surface area contributed by atoms with Crippen molar-refractivity contribution in [2.45, 2.75) is 13.0 Å². The number of amides is 2. The van der Waals surface area contributed by atoms with Crippen molar-refractivity contribution in [3.05, 3.63) is 69.8 Å². The Bertz CT molecular complexity index is 866. The molecule has 0 fully saturated rings. The molecule has 9 nitrogen and oxygen atoms in total. The average Bonchev–Trinajstić information content (AvgIpc) is 2.72. The van der Waals surface area contributed by atoms with Crippen LogP contribution in [0.15, 0.2) is 48.5 Å². The van der Waals surface area contributed by atoms with E-state index in [1.165, 1.54) is 17.0 Å². The molecule has 9 heteroatoms. The first-order chi connectivity index (χ1) is 14.3. The maximum Gasteiger partial charge on any atom is 0.414 e. The molecule has 0 aromatic heterocycles. The first-order valence-electron chi connectivity index (χ1n) is 9.40. The van der Waals surface area contributed by atoms with Gasteiger partial charge in [-0.15, -0.1) is 0 Å². The zero-order chi connectivity index (χ0) is 22.1. The van der Waals surface area contributed by atoms with Crippen LogP contribution in [0.3, 0.4) is 0 Å². The summed E-state index contributed by atoms with van der Waals surface area (Å²) < 4.78 is 5.25. The number of nitrogens with zero attached hydrogens (tertiary/aromatic N) is 3. The largest absolute Gasteiger partial charge is 0.444 e. The number of ether oxygens (including phenoxy) is 1. The van der Waals surface area contributed by atoms with Gasteiger partial charge in [0.25, 0.3) is 5.69 Å². The summed E-state index contributed by atoms with van der Waals surface area (Å²) >= 11 is 0. The van der Waals surface area contributed by atoms with Crippen LogP contribution in [0.25, 0.3) is 0 Å². The fourth-order valence-corrected chi connectivity index (χ4v) is 2.57. The minimum atomic E-state index is -0.553. The van der Waals surface area contributed by atoms with Crippen LogP contribution < -0.4 is 10.2 Å². The van der Waals surface area contributed by atoms with Gasteiger partial charge in [0, 0.05) is 38.0 Å². The van der Waals surface area contributed by atoms with Gasteiger partial charge < -0.3 is 15.0 Å². The average molecular weight is 414 g/mol. The van der Waals surface area contributed by atoms with Gasteiger partial charge in [0.1, 0.15) is 6.61 Å². The molecular weight excluding hydrogens is 388 g/mol. The van der Waals surface area contributed by atoms with E-state index in [4.69, 9.17) is 4.74 Å². The number of carbonyl (C=O) groups is 2. The van der Waals surface area contributed by atoms with Crippen molar-refractivity contribution >= 4 is 23.4 Å². The second-order valence-electron chi connectivity index (χ2n) is 7.03. The van der Waals surface area contributed by atoms with E-state index in [1.54, 1.807) is 43.4 Å². The Morgan fingerprint density at radius 2 is 1.60 bits per heavy atom. The van der Waals surface area contributed by atoms with Crippen LogP contribution in [0.1, 0.15) is 11.1 Å². The van der Waals surface area contributed by atoms with Gasteiger partial charge in [0.2, 0.25) is 5.91 Å². The number of carbonyl (C=O) groups excluding carboxylic acids is 2. The van der Waals surface area contributed by atoms with Crippen LogP contribution in [0, 0.1) is 10.1 Å². The summed E-state index contributed by atoms with van der Waals surface area (Å²) in [5, 5.41) is 13.5. The van der Waals surface area contributed by atoms with E-state index in [0.29, 0.717) is 17.8 Å². The molecule has 0 heterocycles. The molecule has 0 radical (unpaired) electrons. The third kappa shape index (κ3) is 7.17. The van der Waals surface area contributed by atoms with E-state index in [-0.39, 0.29) is 24.6 Å². The molecule has 0 saturated carbocycles. The highest BCUT2D eigenvalue weighted by molar-refractivity contribution is 5.87. The first kappa shape index (κ1) is 22.8. The molecule has 2 amide bonds. The number of nitro groups is 1. The number of anilines is 1. The number of hydrogen-bond acceptors (Lipinski definition) is 6. The third-order valence-corrected chi connectivity index (χ3v) is 4.35. The highest BCUT2D eigenvalue weighted by Gasteiger charge is 2.13. The fourth-order valence-electron chi connectivity index (χ4n) is 2.57. The van der Waals surface area contributed by atoms with Crippen molar-refractivity contribution in [1.29, 1.82) is 0 Å². The zero-order valence-corrected chi connectivity index (χ0v) is 17.3. The van der Waals surface area contributed by atoms with Crippen molar-refractivity contribution < 1.29 is 19.2 Å². The number of hydrogen-bond donors (Lipinski definition) is 1. The summed E-state index contributed by atoms with van der Waals surface area (Å²) in [7, 11) is 5.47. The van der Waals surface area contributed by atoms with Crippen molar-refractivity contribution in [1.82, 2.24) is 10.2 Å². The minimum absolute atomic E-state index is 0.00632. The lowest BCUT2D eigenvalue weighted by Gasteiger charge is -2.17. The van der Waals surface area contributed by atoms with E-state index >= 15 is 0 Å². The van der Waals surface area contributed by atoms with Crippen LogP contribution in [-0.2, 0) is 22.6 Å². The molecule has 0 atom stereocenters. The van der Waals surface area contributed by atoms with Gasteiger partial charge in [0.15, 0.2) is 0 Å². The van der Waals surface area contributed by atoms with Gasteiger partial charge in [-0.05, 0) is 49.5 Å². The van der Waals surface area contributed by atoms with Crippen LogP contribution in [0.5, 0.6) is 0 Å². The first-order valence-corrected chi connectivity index (χ1v) is 9.40. The Morgan fingerprint density at radius 3 is 2.17 bits per heavy atom. The van der Waals surface area contributed by atoms with Crippen molar-refractivity contribution in [2.75, 3.05) is 39.1 Å². The molecule has 1 N–H and O–H groups in total. The highest BCUT2D eigenvalue weighted by Crippen LogP contribution is 2.17. The van der Waals surface area contributed by atoms with E-state index < -0.39 is 11.0 Å². The second kappa shape index (κ2) is 10.9. The van der Waals surface area contributed by atoms with E-state index in [1.807, 2.05) is 19.0 Å². The Morgan fingerprint density at radius 1 is 1.00 bits per heavy atom. The lowest BCUT2D eigenvalue weighted by atomic mass is 10.1. The van der Waals surface area contributed by atoms with E-state index in [2.05, 4.69) is 5.32 Å². The molecular formula is C21H26N4O5. The van der Waals surface area contributed by atoms with Crippen LogP contribution >= 0.6 is 0 Å². The maximum atomic E-state index is 12.3. The summed E-state index contributed by atoms with van der Waals surface area (Å²) in [5.74, 6) is -0.0551. The van der Waals surface area contributed by atoms with Gasteiger partial charge in [-0.1, -0.05) is 12.1 Å². The zero-order valence-electron chi connectivity index (χ0n) is 17.3. The lowest BCUT2D eigenvalue weighted by molar-refractivity contribution is -0.384. The van der Waals surface area contributed by atoms with E-state index in [0.717, 1.165) is 12.1 Å². The van der Waals surface area contributed by atoms with Gasteiger partial charge in [-0.2, -0.15) is 0 Å². The number of nitrogens with one attached hydrogen (secondary N) is 1. The Balaban J connectivity index is 1.84. The van der Waals surface area contributed by atoms with Gasteiger partial charge >= 0.3 is 6.09 Å². The molecule has 0 unspecified atom stereocenters. The minimum Gasteiger partial charge on any atom is -0.444 e. The number of rotatable bonds is 9. The molecule has 0 spiro atoms. The molecule has 0 aliphatic rings. The van der Waals surface area contributed by atoms with Crippen LogP contribution in [-0.4, -0.2) is 56.1 Å². The smallest absolute Gasteiger partial charge is 0.414 e. The Kier molecular flexibility index (Phi) is 8.30. The summed E-state index contributed by atoms with van der Waals surface area (Å²) in [6.45, 7) is 1.37. The molecule has 2 aromatic carbocycles. The molecule has 0 bridgehead atoms. The maximum absolute atomic E-state index is 12.3. The number of non-ortho nitro benzene ring substituents is 1. The summed E-state index contributed by atoms with van der Waals surface area (Å²) in [6.07, 6.45) is -0.287. The predicted molar refractivity (Wildman–Crippen MR) is 113 cm³/mol. The van der Waals surface area contributed by atoms with Gasteiger partial charge in [-0.25, -0.2) is 4.79 Å². The van der Waals surface area contributed by atoms with Crippen LogP contribution in [0.2, 0.25) is 0 Å². The number of likely N-dealkylation sites (N-methyl/N-ethyl adjacent to an activating group) is 1. The number of nitro benzene ring substituents is 1. The fraction of sp³-hybridized carbons (Fsp3) is 0.333. The molecule has 2 aromatic rings. The number of benzene rings is 2. The molecule has 0 saturated heterocycles. The monoisotopic (exact) mass is 414 g/mol. The standard InChI is InChI=1S/C21H26N4O5/c1-23(2)13-12-22-20(26)14-16-4-8-18(9-5-16)24(3)21(27)30-15-17-6-10-19(11-7-17)25(28)29/h4-11H,12-15H2,1-3H3,(H,22,26). The summed E-state index contributed by atoms with van der Waals surface area (Å²) in [6, 6.07) is 12.9. The summed E-state index contributed by atoms with van der Waals surface area (Å²) in [4.78, 5) is 37.7. The van der Waals surface area contributed by atoms with Crippen molar-refractivity contribution in [2.24, 2.45) is 0 Å². The quantitative estimate of drug-likeness (QED) is 0.499. The second-order valence-corrected chi connectivity index (χ2v) is 7.03. The summed E-state index contributed by atoms with van der Waals surface area (Å²) in [5.41, 5.74) is 2.10. The van der Waals surface area contributed by atoms with E-state index in [9.17, 15) is 19.7 Å². The molecule has 0 aliphatic heterocycles. The Hall–Kier alpha value is -3.46. The molecule has 30 heavy (non-hydrogen) atoms. The lowest BCUT2D eigenvalue weighted by Crippen LogP contribution is -2.32. The van der Waals surface area contributed by atoms with Crippen molar-refractivity contribution in [3.8, 4) is 0 Å². The highest BCUT2D eigenvalue weighted by atomic mass is 16.6. The van der Waals surface area contributed by atoms with Gasteiger partial charge in [-0.3, -0.25) is 19.8 Å². The molecule has 0 aliphatic carbocycles. The Labute approximate surface area is 175 Å². The van der Waals surface area contributed by atoms with Crippen molar-refractivity contribution in [3.63, 3.8) is 0 Å². The predicted octanol–water partition coefficient (Wildman–Crippen LogP) is 2.59.